The van der Waals surface area contributed by atoms with Gasteiger partial charge in [-0.3, -0.25) is 14.4 Å². The number of amides is 1. The second-order valence-corrected chi connectivity index (χ2v) is 4.76. The van der Waals surface area contributed by atoms with Crippen LogP contribution in [0.2, 0.25) is 0 Å². The van der Waals surface area contributed by atoms with Crippen molar-refractivity contribution in [1.82, 2.24) is 10.2 Å². The first-order valence-electron chi connectivity index (χ1n) is 7.01. The molecule has 0 unspecified atom stereocenters. The number of esters is 1. The third-order valence-electron chi connectivity index (χ3n) is 3.25. The minimum atomic E-state index is -1.09. The zero-order valence-corrected chi connectivity index (χ0v) is 12.4. The summed E-state index contributed by atoms with van der Waals surface area (Å²) in [6, 6.07) is 1.75. The van der Waals surface area contributed by atoms with E-state index in [0.717, 1.165) is 6.20 Å². The fourth-order valence-electron chi connectivity index (χ4n) is 2.13. The molecule has 8 heteroatoms. The Balaban J connectivity index is 2.55. The second-order valence-electron chi connectivity index (χ2n) is 4.76. The van der Waals surface area contributed by atoms with E-state index in [-0.39, 0.29) is 24.0 Å². The third-order valence-corrected chi connectivity index (χ3v) is 3.25. The molecule has 1 rings (SSSR count). The predicted octanol–water partition coefficient (Wildman–Crippen LogP) is -0.130. The third kappa shape index (κ3) is 5.09. The summed E-state index contributed by atoms with van der Waals surface area (Å²) in [7, 11) is 0. The number of ether oxygens (including phenoxy) is 1. The predicted molar refractivity (Wildman–Crippen MR) is 75.3 cm³/mol. The molecule has 1 aliphatic rings. The van der Waals surface area contributed by atoms with Gasteiger partial charge in [0, 0.05) is 19.3 Å². The highest BCUT2D eigenvalue weighted by molar-refractivity contribution is 5.97. The molecule has 22 heavy (non-hydrogen) atoms. The number of hydrogen-bond acceptors (Lipinski definition) is 6. The van der Waals surface area contributed by atoms with Gasteiger partial charge >= 0.3 is 11.9 Å². The molecule has 0 aliphatic carbocycles. The van der Waals surface area contributed by atoms with Crippen molar-refractivity contribution in [3.05, 3.63) is 11.8 Å². The van der Waals surface area contributed by atoms with Gasteiger partial charge in [0.2, 0.25) is 0 Å². The van der Waals surface area contributed by atoms with Gasteiger partial charge in [-0.1, -0.05) is 0 Å². The van der Waals surface area contributed by atoms with Crippen LogP contribution in [0, 0.1) is 17.2 Å². The number of carboxylic acid groups (broad SMARTS) is 1. The summed E-state index contributed by atoms with van der Waals surface area (Å²) in [6.07, 6.45) is 2.09. The van der Waals surface area contributed by atoms with Crippen molar-refractivity contribution in [3.63, 3.8) is 0 Å². The summed E-state index contributed by atoms with van der Waals surface area (Å²) in [5.74, 6) is -2.03. The molecular formula is C14H19N3O5. The molecule has 0 saturated carbocycles. The summed E-state index contributed by atoms with van der Waals surface area (Å²) >= 11 is 0. The van der Waals surface area contributed by atoms with E-state index in [4.69, 9.17) is 15.1 Å². The van der Waals surface area contributed by atoms with Gasteiger partial charge in [-0.15, -0.1) is 0 Å². The van der Waals surface area contributed by atoms with Crippen molar-refractivity contribution in [3.8, 4) is 6.07 Å². The van der Waals surface area contributed by atoms with Gasteiger partial charge in [0.1, 0.15) is 18.2 Å². The number of piperidine rings is 1. The molecule has 0 bridgehead atoms. The monoisotopic (exact) mass is 309 g/mol. The average Bonchev–Trinajstić information content (AvgIpc) is 2.51. The smallest absolute Gasteiger partial charge is 0.322 e. The lowest BCUT2D eigenvalue weighted by Crippen LogP contribution is -2.41. The van der Waals surface area contributed by atoms with Crippen molar-refractivity contribution in [1.29, 1.82) is 5.26 Å². The highest BCUT2D eigenvalue weighted by Gasteiger charge is 2.29. The molecule has 1 amide bonds. The van der Waals surface area contributed by atoms with Gasteiger partial charge in [-0.05, 0) is 19.8 Å². The van der Waals surface area contributed by atoms with Gasteiger partial charge in [0.05, 0.1) is 12.5 Å². The van der Waals surface area contributed by atoms with Crippen LogP contribution < -0.4 is 5.32 Å². The van der Waals surface area contributed by atoms with Crippen LogP contribution in [-0.4, -0.2) is 54.1 Å². The SMILES string of the molecule is CCOC(=O)C1CCN(C(=O)/C(C#N)=C\NCC(=O)O)CC1. The number of carbonyl (C=O) groups is 3. The van der Waals surface area contributed by atoms with E-state index in [9.17, 15) is 14.4 Å². The Hall–Kier alpha value is -2.56. The standard InChI is InChI=1S/C14H19N3O5/c1-2-22-14(21)10-3-5-17(6-4-10)13(20)11(7-15)8-16-9-12(18)19/h8,10,16H,2-6,9H2,1H3,(H,18,19)/b11-8-. The van der Waals surface area contributed by atoms with Gasteiger partial charge in [-0.2, -0.15) is 5.26 Å². The van der Waals surface area contributed by atoms with Crippen molar-refractivity contribution < 1.29 is 24.2 Å². The molecule has 0 aromatic heterocycles. The Morgan fingerprint density at radius 1 is 1.41 bits per heavy atom. The number of nitrogens with zero attached hydrogens (tertiary/aromatic N) is 2. The lowest BCUT2D eigenvalue weighted by molar-refractivity contribution is -0.150. The molecule has 0 radical (unpaired) electrons. The Bertz CT molecular complexity index is 501. The highest BCUT2D eigenvalue weighted by atomic mass is 16.5. The molecule has 8 nitrogen and oxygen atoms in total. The summed E-state index contributed by atoms with van der Waals surface area (Å²) in [5, 5.41) is 19.9. The van der Waals surface area contributed by atoms with E-state index in [1.165, 1.54) is 4.90 Å². The quantitative estimate of drug-likeness (QED) is 0.398. The zero-order valence-electron chi connectivity index (χ0n) is 12.4. The molecule has 1 heterocycles. The van der Waals surface area contributed by atoms with Crippen LogP contribution in [0.3, 0.4) is 0 Å². The van der Waals surface area contributed by atoms with Crippen LogP contribution in [0.25, 0.3) is 0 Å². The first-order chi connectivity index (χ1) is 10.5. The summed E-state index contributed by atoms with van der Waals surface area (Å²) < 4.78 is 4.95. The van der Waals surface area contributed by atoms with Crippen LogP contribution in [0.4, 0.5) is 0 Å². The zero-order chi connectivity index (χ0) is 16.5. The fraction of sp³-hybridized carbons (Fsp3) is 0.571. The van der Waals surface area contributed by atoms with Crippen molar-refractivity contribution >= 4 is 17.8 Å². The first kappa shape index (κ1) is 17.5. The van der Waals surface area contributed by atoms with Crippen LogP contribution in [0.5, 0.6) is 0 Å². The van der Waals surface area contributed by atoms with E-state index >= 15 is 0 Å². The largest absolute Gasteiger partial charge is 0.480 e. The number of aliphatic carboxylic acids is 1. The highest BCUT2D eigenvalue weighted by Crippen LogP contribution is 2.19. The van der Waals surface area contributed by atoms with Gasteiger partial charge in [0.15, 0.2) is 0 Å². The van der Waals surface area contributed by atoms with Crippen molar-refractivity contribution in [2.24, 2.45) is 5.92 Å². The fourth-order valence-corrected chi connectivity index (χ4v) is 2.13. The molecule has 1 fully saturated rings. The number of hydrogen-bond donors (Lipinski definition) is 2. The summed E-state index contributed by atoms with van der Waals surface area (Å²) in [6.45, 7) is 2.42. The molecule has 0 aromatic rings. The Labute approximate surface area is 128 Å². The molecule has 0 spiro atoms. The number of carboxylic acids is 1. The van der Waals surface area contributed by atoms with Gasteiger partial charge in [-0.25, -0.2) is 0 Å². The lowest BCUT2D eigenvalue weighted by Gasteiger charge is -2.30. The number of likely N-dealkylation sites (tertiary alicyclic amines) is 1. The Morgan fingerprint density at radius 2 is 2.05 bits per heavy atom. The number of nitrogens with one attached hydrogen (secondary N) is 1. The summed E-state index contributed by atoms with van der Waals surface area (Å²) in [5.41, 5.74) is -0.157. The van der Waals surface area contributed by atoms with E-state index in [1.807, 2.05) is 0 Å². The first-order valence-corrected chi connectivity index (χ1v) is 7.01. The van der Waals surface area contributed by atoms with Gasteiger partial charge < -0.3 is 20.1 Å². The number of rotatable bonds is 6. The van der Waals surface area contributed by atoms with Crippen molar-refractivity contribution in [2.75, 3.05) is 26.2 Å². The van der Waals surface area contributed by atoms with E-state index < -0.39 is 11.9 Å². The van der Waals surface area contributed by atoms with E-state index in [2.05, 4.69) is 5.32 Å². The lowest BCUT2D eigenvalue weighted by atomic mass is 9.96. The van der Waals surface area contributed by atoms with Crippen LogP contribution in [-0.2, 0) is 19.1 Å². The molecule has 1 saturated heterocycles. The molecular weight excluding hydrogens is 290 g/mol. The normalized spacial score (nSPS) is 15.8. The second kappa shape index (κ2) is 8.67. The molecule has 0 atom stereocenters. The number of nitriles is 1. The van der Waals surface area contributed by atoms with Crippen LogP contribution >= 0.6 is 0 Å². The topological polar surface area (TPSA) is 120 Å². The van der Waals surface area contributed by atoms with Crippen LogP contribution in [0.15, 0.2) is 11.8 Å². The van der Waals surface area contributed by atoms with E-state index in [0.29, 0.717) is 32.5 Å². The number of carbonyl (C=O) groups excluding carboxylic acids is 2. The minimum Gasteiger partial charge on any atom is -0.480 e. The Kier molecular flexibility index (Phi) is 6.89. The summed E-state index contributed by atoms with van der Waals surface area (Å²) in [4.78, 5) is 35.6. The Morgan fingerprint density at radius 3 is 2.55 bits per heavy atom. The molecule has 2 N–H and O–H groups in total. The average molecular weight is 309 g/mol. The van der Waals surface area contributed by atoms with Gasteiger partial charge in [0.25, 0.3) is 5.91 Å². The molecule has 0 aromatic carbocycles. The minimum absolute atomic E-state index is 0.157. The maximum atomic E-state index is 12.1. The molecule has 1 aliphatic heterocycles. The van der Waals surface area contributed by atoms with E-state index in [1.54, 1.807) is 13.0 Å². The maximum absolute atomic E-state index is 12.1. The van der Waals surface area contributed by atoms with Crippen LogP contribution in [0.1, 0.15) is 19.8 Å². The maximum Gasteiger partial charge on any atom is 0.322 e. The molecule has 120 valence electrons. The van der Waals surface area contributed by atoms with Crippen molar-refractivity contribution in [2.45, 2.75) is 19.8 Å².